The van der Waals surface area contributed by atoms with Gasteiger partial charge in [0.05, 0.1) is 32.7 Å². The molecule has 1 N–H and O–H groups in total. The highest BCUT2D eigenvalue weighted by molar-refractivity contribution is 7.13. The van der Waals surface area contributed by atoms with Crippen LogP contribution in [-0.4, -0.2) is 50.8 Å². The van der Waals surface area contributed by atoms with Crippen LogP contribution in [0.1, 0.15) is 16.1 Å². The molecule has 0 aliphatic carbocycles. The fraction of sp³-hybridized carbons (Fsp3) is 0.250. The number of carbonyl (C=O) groups excluding carboxylic acids is 1. The molecule has 0 fully saturated rings. The summed E-state index contributed by atoms with van der Waals surface area (Å²) >= 11 is 1.56. The number of aromatic nitrogens is 4. The van der Waals surface area contributed by atoms with Gasteiger partial charge in [-0.3, -0.25) is 14.0 Å². The lowest BCUT2D eigenvalue weighted by atomic mass is 10.1. The summed E-state index contributed by atoms with van der Waals surface area (Å²) in [5.74, 6) is -0.686. The van der Waals surface area contributed by atoms with Gasteiger partial charge in [0.2, 0.25) is 0 Å². The molecular formula is C24H24N6O3S. The van der Waals surface area contributed by atoms with Gasteiger partial charge in [-0.05, 0) is 56.7 Å². The number of rotatable bonds is 6. The Hall–Kier alpha value is -3.76. The van der Waals surface area contributed by atoms with Crippen molar-refractivity contribution in [3.63, 3.8) is 0 Å². The van der Waals surface area contributed by atoms with Crippen molar-refractivity contribution in [3.8, 4) is 10.6 Å². The average molecular weight is 477 g/mol. The van der Waals surface area contributed by atoms with E-state index < -0.39 is 5.76 Å². The van der Waals surface area contributed by atoms with E-state index in [2.05, 4.69) is 10.4 Å². The standard InChI is InChI=1S/C24H24N6O3S/c1-14-21-16(13-17(20-6-5-11-34-20)26-22(21)29(4)27-14)23(31)25-15-7-8-19-18(12-15)30(24(32)33-19)10-9-28(2)3/h5-8,11-13H,9-10H2,1-4H3,(H,25,31). The van der Waals surface area contributed by atoms with Gasteiger partial charge in [-0.2, -0.15) is 5.10 Å². The number of hydrogen-bond donors (Lipinski definition) is 1. The number of thiophene rings is 1. The number of amides is 1. The minimum atomic E-state index is -0.414. The van der Waals surface area contributed by atoms with Crippen molar-refractivity contribution >= 4 is 45.1 Å². The van der Waals surface area contributed by atoms with Crippen molar-refractivity contribution in [1.29, 1.82) is 0 Å². The number of oxazole rings is 1. The first-order chi connectivity index (χ1) is 16.3. The van der Waals surface area contributed by atoms with Gasteiger partial charge in [-0.25, -0.2) is 9.78 Å². The summed E-state index contributed by atoms with van der Waals surface area (Å²) in [6.07, 6.45) is 0. The normalized spacial score (nSPS) is 11.7. The fourth-order valence-electron chi connectivity index (χ4n) is 4.02. The van der Waals surface area contributed by atoms with Gasteiger partial charge in [0.1, 0.15) is 0 Å². The Morgan fingerprint density at radius 3 is 2.79 bits per heavy atom. The van der Waals surface area contributed by atoms with Crippen molar-refractivity contribution in [2.45, 2.75) is 13.5 Å². The number of pyridine rings is 1. The van der Waals surface area contributed by atoms with Gasteiger partial charge < -0.3 is 14.6 Å². The third-order valence-corrected chi connectivity index (χ3v) is 6.58. The Kier molecular flexibility index (Phi) is 5.54. The molecule has 0 bridgehead atoms. The lowest BCUT2D eigenvalue weighted by Gasteiger charge is -2.11. The SMILES string of the molecule is Cc1nn(C)c2nc(-c3cccs3)cc(C(=O)Nc3ccc4oc(=O)n(CCN(C)C)c4c3)c12. The molecule has 4 heterocycles. The van der Waals surface area contributed by atoms with E-state index in [0.29, 0.717) is 46.5 Å². The van der Waals surface area contributed by atoms with Crippen LogP contribution in [0.2, 0.25) is 0 Å². The van der Waals surface area contributed by atoms with E-state index in [9.17, 15) is 9.59 Å². The molecule has 1 amide bonds. The zero-order chi connectivity index (χ0) is 24.0. The molecule has 34 heavy (non-hydrogen) atoms. The van der Waals surface area contributed by atoms with E-state index in [1.54, 1.807) is 38.8 Å². The van der Waals surface area contributed by atoms with E-state index in [-0.39, 0.29) is 5.91 Å². The van der Waals surface area contributed by atoms with Crippen LogP contribution in [0.3, 0.4) is 0 Å². The molecule has 0 radical (unpaired) electrons. The van der Waals surface area contributed by atoms with Crippen molar-refractivity contribution < 1.29 is 9.21 Å². The molecule has 0 aliphatic heterocycles. The Morgan fingerprint density at radius 2 is 2.06 bits per heavy atom. The van der Waals surface area contributed by atoms with E-state index >= 15 is 0 Å². The lowest BCUT2D eigenvalue weighted by Crippen LogP contribution is -2.23. The van der Waals surface area contributed by atoms with E-state index in [1.165, 1.54) is 0 Å². The Balaban J connectivity index is 1.55. The van der Waals surface area contributed by atoms with Gasteiger partial charge in [0, 0.05) is 25.8 Å². The molecule has 5 rings (SSSR count). The molecular weight excluding hydrogens is 452 g/mol. The van der Waals surface area contributed by atoms with E-state index in [1.807, 2.05) is 56.5 Å². The molecule has 0 aliphatic rings. The minimum Gasteiger partial charge on any atom is -0.408 e. The third kappa shape index (κ3) is 3.91. The van der Waals surface area contributed by atoms with Crippen molar-refractivity contribution in [3.05, 3.63) is 63.6 Å². The van der Waals surface area contributed by atoms with Crippen molar-refractivity contribution in [2.24, 2.45) is 7.05 Å². The molecule has 1 aromatic carbocycles. The molecule has 0 spiro atoms. The second-order valence-electron chi connectivity index (χ2n) is 8.40. The van der Waals surface area contributed by atoms with Crippen molar-refractivity contribution in [2.75, 3.05) is 26.0 Å². The summed E-state index contributed by atoms with van der Waals surface area (Å²) in [7, 11) is 5.71. The predicted octanol–water partition coefficient (Wildman–Crippen LogP) is 3.73. The summed E-state index contributed by atoms with van der Waals surface area (Å²) in [6.45, 7) is 3.04. The van der Waals surface area contributed by atoms with E-state index in [4.69, 9.17) is 9.40 Å². The quantitative estimate of drug-likeness (QED) is 0.401. The molecule has 0 unspecified atom stereocenters. The lowest BCUT2D eigenvalue weighted by molar-refractivity contribution is 0.102. The van der Waals surface area contributed by atoms with Crippen LogP contribution < -0.4 is 11.1 Å². The highest BCUT2D eigenvalue weighted by atomic mass is 32.1. The van der Waals surface area contributed by atoms with Gasteiger partial charge in [0.25, 0.3) is 5.91 Å². The molecule has 174 valence electrons. The number of benzene rings is 1. The van der Waals surface area contributed by atoms with Gasteiger partial charge in [-0.1, -0.05) is 6.07 Å². The summed E-state index contributed by atoms with van der Waals surface area (Å²) < 4.78 is 8.64. The molecule has 0 saturated heterocycles. The number of nitrogens with one attached hydrogen (secondary N) is 1. The topological polar surface area (TPSA) is 98.2 Å². The monoisotopic (exact) mass is 476 g/mol. The number of hydrogen-bond acceptors (Lipinski definition) is 7. The number of nitrogens with zero attached hydrogens (tertiary/aromatic N) is 5. The zero-order valence-electron chi connectivity index (χ0n) is 19.3. The second-order valence-corrected chi connectivity index (χ2v) is 9.35. The van der Waals surface area contributed by atoms with Crippen molar-refractivity contribution in [1.82, 2.24) is 24.2 Å². The van der Waals surface area contributed by atoms with Gasteiger partial charge >= 0.3 is 5.76 Å². The smallest absolute Gasteiger partial charge is 0.408 e. The molecule has 0 saturated carbocycles. The predicted molar refractivity (Wildman–Crippen MR) is 134 cm³/mol. The summed E-state index contributed by atoms with van der Waals surface area (Å²) in [6, 6.07) is 10.9. The Morgan fingerprint density at radius 1 is 1.24 bits per heavy atom. The highest BCUT2D eigenvalue weighted by Crippen LogP contribution is 2.30. The van der Waals surface area contributed by atoms with Gasteiger partial charge in [-0.15, -0.1) is 11.3 Å². The summed E-state index contributed by atoms with van der Waals surface area (Å²) in [5.41, 5.74) is 4.29. The van der Waals surface area contributed by atoms with Crippen LogP contribution in [0.25, 0.3) is 32.7 Å². The van der Waals surface area contributed by atoms with E-state index in [0.717, 1.165) is 16.3 Å². The number of anilines is 1. The fourth-order valence-corrected chi connectivity index (χ4v) is 4.71. The average Bonchev–Trinajstić information content (AvgIpc) is 3.50. The maximum atomic E-state index is 13.5. The zero-order valence-corrected chi connectivity index (χ0v) is 20.1. The maximum absolute atomic E-state index is 13.5. The number of carbonyl (C=O) groups is 1. The van der Waals surface area contributed by atoms with Crippen LogP contribution in [-0.2, 0) is 13.6 Å². The number of likely N-dealkylation sites (N-methyl/N-ethyl adjacent to an activating group) is 1. The minimum absolute atomic E-state index is 0.272. The highest BCUT2D eigenvalue weighted by Gasteiger charge is 2.20. The second kappa shape index (κ2) is 8.54. The molecule has 0 atom stereocenters. The summed E-state index contributed by atoms with van der Waals surface area (Å²) in [4.78, 5) is 33.5. The third-order valence-electron chi connectivity index (χ3n) is 5.68. The largest absolute Gasteiger partial charge is 0.419 e. The molecule has 5 aromatic rings. The van der Waals surface area contributed by atoms with Crippen LogP contribution in [0.4, 0.5) is 5.69 Å². The first-order valence-electron chi connectivity index (χ1n) is 10.8. The molecule has 4 aromatic heterocycles. The maximum Gasteiger partial charge on any atom is 0.419 e. The van der Waals surface area contributed by atoms with Crippen LogP contribution in [0.5, 0.6) is 0 Å². The number of fused-ring (bicyclic) bond motifs is 2. The van der Waals surface area contributed by atoms with Crippen LogP contribution in [0.15, 0.2) is 51.0 Å². The number of aryl methyl sites for hydroxylation is 2. The molecule has 9 nitrogen and oxygen atoms in total. The van der Waals surface area contributed by atoms with Crippen LogP contribution in [0, 0.1) is 6.92 Å². The Bertz CT molecular complexity index is 1580. The van der Waals surface area contributed by atoms with Gasteiger partial charge in [0.15, 0.2) is 11.2 Å². The molecule has 10 heteroatoms. The summed E-state index contributed by atoms with van der Waals surface area (Å²) in [5, 5.41) is 10.2. The first-order valence-corrected chi connectivity index (χ1v) is 11.7. The van der Waals surface area contributed by atoms with Crippen LogP contribution >= 0.6 is 11.3 Å². The first kappa shape index (κ1) is 22.1. The Labute approximate surface area is 199 Å².